The van der Waals surface area contributed by atoms with E-state index in [1.165, 1.54) is 6.42 Å². The first kappa shape index (κ1) is 12.2. The number of aryl methyl sites for hydroxylation is 2. The molecule has 0 spiro atoms. The molecule has 0 saturated heterocycles. The summed E-state index contributed by atoms with van der Waals surface area (Å²) in [5.74, 6) is -0.0995. The van der Waals surface area contributed by atoms with Gasteiger partial charge < -0.3 is 0 Å². The highest BCUT2D eigenvalue weighted by Crippen LogP contribution is 2.13. The Morgan fingerprint density at radius 1 is 1.08 bits per heavy atom. The van der Waals surface area contributed by atoms with Gasteiger partial charge in [-0.2, -0.15) is 0 Å². The van der Waals surface area contributed by atoms with Crippen LogP contribution in [0.2, 0.25) is 0 Å². The molecule has 0 aromatic heterocycles. The second kappa shape index (κ2) is 5.74. The zero-order chi connectivity index (χ0) is 10.4. The van der Waals surface area contributed by atoms with E-state index in [0.29, 0.717) is 0 Å². The summed E-state index contributed by atoms with van der Waals surface area (Å²) in [4.78, 5) is 0. The van der Waals surface area contributed by atoms with Crippen LogP contribution in [0.3, 0.4) is 0 Å². The molecule has 0 N–H and O–H groups in total. The van der Waals surface area contributed by atoms with Gasteiger partial charge in [-0.1, -0.05) is 26.3 Å². The van der Waals surface area contributed by atoms with Gasteiger partial charge in [0.25, 0.3) is 0 Å². The molecule has 0 nitrogen and oxygen atoms in total. The van der Waals surface area contributed by atoms with E-state index in [9.17, 15) is 4.39 Å². The molecule has 74 valence electrons. The van der Waals surface area contributed by atoms with Crippen molar-refractivity contribution in [3.63, 3.8) is 0 Å². The largest absolute Gasteiger partial charge is 0.207 e. The molecule has 0 aliphatic carbocycles. The summed E-state index contributed by atoms with van der Waals surface area (Å²) in [7, 11) is 0. The Labute approximate surface area is 80.8 Å². The summed E-state index contributed by atoms with van der Waals surface area (Å²) in [6, 6.07) is 3.54. The Kier molecular flexibility index (Phi) is 5.36. The van der Waals surface area contributed by atoms with Crippen LogP contribution in [0.1, 0.15) is 37.0 Å². The molecular weight excluding hydrogens is 163 g/mol. The molecule has 0 aliphatic rings. The lowest BCUT2D eigenvalue weighted by Gasteiger charge is -2.01. The maximum atomic E-state index is 12.8. The van der Waals surface area contributed by atoms with Crippen LogP contribution >= 0.6 is 0 Å². The van der Waals surface area contributed by atoms with Gasteiger partial charge in [-0.05, 0) is 43.5 Å². The van der Waals surface area contributed by atoms with Crippen LogP contribution in [0.15, 0.2) is 12.1 Å². The first-order valence-corrected chi connectivity index (χ1v) is 4.76. The standard InChI is InChI=1S/C9H11F.C3H8/c1-6-4-7(2)8(3)9(10)5-6;1-3-2/h4-5H,1-3H3;3H2,1-2H3. The average Bonchev–Trinajstić information content (AvgIpc) is 2.01. The molecule has 0 atom stereocenters. The van der Waals surface area contributed by atoms with Crippen LogP contribution in [0.5, 0.6) is 0 Å². The Hall–Kier alpha value is -0.850. The third-order valence-electron chi connectivity index (χ3n) is 1.75. The lowest BCUT2D eigenvalue weighted by atomic mass is 10.1. The van der Waals surface area contributed by atoms with Crippen LogP contribution in [0, 0.1) is 26.6 Å². The number of rotatable bonds is 0. The van der Waals surface area contributed by atoms with E-state index in [0.717, 1.165) is 16.7 Å². The van der Waals surface area contributed by atoms with Crippen molar-refractivity contribution in [1.29, 1.82) is 0 Å². The smallest absolute Gasteiger partial charge is 0.126 e. The van der Waals surface area contributed by atoms with Crippen molar-refractivity contribution in [3.05, 3.63) is 34.6 Å². The maximum Gasteiger partial charge on any atom is 0.126 e. The quantitative estimate of drug-likeness (QED) is 0.565. The molecule has 1 heteroatoms. The summed E-state index contributed by atoms with van der Waals surface area (Å²) in [5.41, 5.74) is 2.77. The van der Waals surface area contributed by atoms with E-state index in [1.807, 2.05) is 19.9 Å². The van der Waals surface area contributed by atoms with Gasteiger partial charge >= 0.3 is 0 Å². The van der Waals surface area contributed by atoms with Gasteiger partial charge in [0, 0.05) is 0 Å². The Balaban J connectivity index is 0.000000424. The van der Waals surface area contributed by atoms with Gasteiger partial charge in [0.2, 0.25) is 0 Å². The molecular formula is C12H19F. The van der Waals surface area contributed by atoms with E-state index in [4.69, 9.17) is 0 Å². The second-order valence-corrected chi connectivity index (χ2v) is 3.40. The first-order valence-electron chi connectivity index (χ1n) is 4.76. The van der Waals surface area contributed by atoms with Crippen molar-refractivity contribution in [3.8, 4) is 0 Å². The van der Waals surface area contributed by atoms with E-state index in [-0.39, 0.29) is 5.82 Å². The third kappa shape index (κ3) is 4.07. The number of benzene rings is 1. The van der Waals surface area contributed by atoms with Crippen molar-refractivity contribution >= 4 is 0 Å². The number of hydrogen-bond donors (Lipinski definition) is 0. The van der Waals surface area contributed by atoms with Crippen molar-refractivity contribution in [2.24, 2.45) is 0 Å². The molecule has 0 saturated carbocycles. The van der Waals surface area contributed by atoms with Crippen LogP contribution in [-0.4, -0.2) is 0 Å². The van der Waals surface area contributed by atoms with Gasteiger partial charge in [0.15, 0.2) is 0 Å². The molecule has 0 bridgehead atoms. The third-order valence-corrected chi connectivity index (χ3v) is 1.75. The van der Waals surface area contributed by atoms with Crippen LogP contribution in [0.25, 0.3) is 0 Å². The van der Waals surface area contributed by atoms with Crippen molar-refractivity contribution in [2.75, 3.05) is 0 Å². The van der Waals surface area contributed by atoms with Crippen molar-refractivity contribution < 1.29 is 4.39 Å². The minimum absolute atomic E-state index is 0.0995. The van der Waals surface area contributed by atoms with E-state index in [2.05, 4.69) is 13.8 Å². The molecule has 1 aromatic rings. The zero-order valence-electron chi connectivity index (χ0n) is 9.24. The summed E-state index contributed by atoms with van der Waals surface area (Å²) >= 11 is 0. The maximum absolute atomic E-state index is 12.8. The normalized spacial score (nSPS) is 9.08. The fourth-order valence-corrected chi connectivity index (χ4v) is 0.988. The Morgan fingerprint density at radius 3 is 1.92 bits per heavy atom. The molecule has 0 fully saturated rings. The van der Waals surface area contributed by atoms with E-state index < -0.39 is 0 Å². The Bertz CT molecular complexity index is 241. The summed E-state index contributed by atoms with van der Waals surface area (Å²) in [6.45, 7) is 9.87. The topological polar surface area (TPSA) is 0 Å². The SMILES string of the molecule is CCC.Cc1cc(C)c(C)c(F)c1. The fraction of sp³-hybridized carbons (Fsp3) is 0.500. The monoisotopic (exact) mass is 182 g/mol. The highest BCUT2D eigenvalue weighted by atomic mass is 19.1. The minimum Gasteiger partial charge on any atom is -0.207 e. The number of hydrogen-bond acceptors (Lipinski definition) is 0. The van der Waals surface area contributed by atoms with Gasteiger partial charge in [-0.25, -0.2) is 4.39 Å². The van der Waals surface area contributed by atoms with Crippen LogP contribution in [0.4, 0.5) is 4.39 Å². The van der Waals surface area contributed by atoms with Gasteiger partial charge in [0.1, 0.15) is 5.82 Å². The fourth-order valence-electron chi connectivity index (χ4n) is 0.988. The molecule has 1 aromatic carbocycles. The molecule has 0 unspecified atom stereocenters. The predicted molar refractivity (Wildman–Crippen MR) is 56.6 cm³/mol. The highest BCUT2D eigenvalue weighted by Gasteiger charge is 1.99. The average molecular weight is 182 g/mol. The molecule has 0 radical (unpaired) electrons. The second-order valence-electron chi connectivity index (χ2n) is 3.40. The van der Waals surface area contributed by atoms with Crippen LogP contribution in [-0.2, 0) is 0 Å². The van der Waals surface area contributed by atoms with Crippen molar-refractivity contribution in [2.45, 2.75) is 41.0 Å². The molecule has 0 heterocycles. The molecule has 13 heavy (non-hydrogen) atoms. The summed E-state index contributed by atoms with van der Waals surface area (Å²) in [6.07, 6.45) is 1.25. The van der Waals surface area contributed by atoms with Gasteiger partial charge in [0.05, 0.1) is 0 Å². The first-order chi connectivity index (χ1) is 6.02. The molecule has 0 amide bonds. The summed E-state index contributed by atoms with van der Waals surface area (Å²) < 4.78 is 12.8. The summed E-state index contributed by atoms with van der Waals surface area (Å²) in [5, 5.41) is 0. The predicted octanol–water partition coefficient (Wildman–Crippen LogP) is 4.17. The number of halogens is 1. The Morgan fingerprint density at radius 2 is 1.54 bits per heavy atom. The van der Waals surface area contributed by atoms with Crippen LogP contribution < -0.4 is 0 Å². The lowest BCUT2D eigenvalue weighted by Crippen LogP contribution is -1.87. The zero-order valence-corrected chi connectivity index (χ0v) is 9.24. The van der Waals surface area contributed by atoms with Gasteiger partial charge in [-0.3, -0.25) is 0 Å². The highest BCUT2D eigenvalue weighted by molar-refractivity contribution is 5.30. The lowest BCUT2D eigenvalue weighted by molar-refractivity contribution is 0.615. The molecule has 0 aliphatic heterocycles. The minimum atomic E-state index is -0.0995. The van der Waals surface area contributed by atoms with E-state index >= 15 is 0 Å². The van der Waals surface area contributed by atoms with Crippen molar-refractivity contribution in [1.82, 2.24) is 0 Å². The van der Waals surface area contributed by atoms with Gasteiger partial charge in [-0.15, -0.1) is 0 Å². The molecule has 1 rings (SSSR count). The van der Waals surface area contributed by atoms with E-state index in [1.54, 1.807) is 13.0 Å².